The van der Waals surface area contributed by atoms with Gasteiger partial charge >= 0.3 is 0 Å². The third-order valence-electron chi connectivity index (χ3n) is 5.75. The second-order valence-corrected chi connectivity index (χ2v) is 8.14. The predicted molar refractivity (Wildman–Crippen MR) is 129 cm³/mol. The summed E-state index contributed by atoms with van der Waals surface area (Å²) in [7, 11) is 3.90. The molecular formula is C25H35N5O. The summed E-state index contributed by atoms with van der Waals surface area (Å²) in [4.78, 5) is 20.9. The first-order valence-electron chi connectivity index (χ1n) is 11.2. The number of likely N-dealkylation sites (tertiary alicyclic amines) is 1. The van der Waals surface area contributed by atoms with Crippen molar-refractivity contribution in [2.45, 2.75) is 19.3 Å². The highest BCUT2D eigenvalue weighted by atomic mass is 16.2. The van der Waals surface area contributed by atoms with E-state index in [1.165, 1.54) is 11.3 Å². The van der Waals surface area contributed by atoms with Crippen molar-refractivity contribution in [3.63, 3.8) is 0 Å². The molecule has 1 heterocycles. The van der Waals surface area contributed by atoms with Gasteiger partial charge in [-0.1, -0.05) is 48.5 Å². The van der Waals surface area contributed by atoms with Crippen LogP contribution in [0.5, 0.6) is 0 Å². The highest BCUT2D eigenvalue weighted by Crippen LogP contribution is 2.17. The Bertz CT molecular complexity index is 824. The van der Waals surface area contributed by atoms with Crippen molar-refractivity contribution < 1.29 is 4.79 Å². The van der Waals surface area contributed by atoms with Gasteiger partial charge in [-0.15, -0.1) is 0 Å². The van der Waals surface area contributed by atoms with E-state index in [0.717, 1.165) is 51.5 Å². The zero-order valence-electron chi connectivity index (χ0n) is 18.8. The number of guanidine groups is 1. The van der Waals surface area contributed by atoms with E-state index < -0.39 is 0 Å². The molecule has 0 bridgehead atoms. The third-order valence-corrected chi connectivity index (χ3v) is 5.75. The Morgan fingerprint density at radius 2 is 1.81 bits per heavy atom. The molecule has 6 nitrogen and oxygen atoms in total. The van der Waals surface area contributed by atoms with Crippen LogP contribution in [0.1, 0.15) is 18.4 Å². The molecule has 2 aromatic carbocycles. The molecule has 166 valence electrons. The summed E-state index contributed by atoms with van der Waals surface area (Å²) < 4.78 is 0. The average Bonchev–Trinajstić information content (AvgIpc) is 3.17. The maximum Gasteiger partial charge on any atom is 0.223 e. The van der Waals surface area contributed by atoms with Gasteiger partial charge < -0.3 is 20.4 Å². The smallest absolute Gasteiger partial charge is 0.223 e. The van der Waals surface area contributed by atoms with E-state index in [1.807, 2.05) is 29.2 Å². The molecule has 31 heavy (non-hydrogen) atoms. The van der Waals surface area contributed by atoms with E-state index in [-0.39, 0.29) is 5.91 Å². The molecule has 2 N–H and O–H groups in total. The number of hydrogen-bond donors (Lipinski definition) is 2. The molecule has 1 unspecified atom stereocenters. The van der Waals surface area contributed by atoms with Gasteiger partial charge in [-0.05, 0) is 30.5 Å². The summed E-state index contributed by atoms with van der Waals surface area (Å²) in [6.07, 6.45) is 2.54. The van der Waals surface area contributed by atoms with Crippen molar-refractivity contribution in [1.29, 1.82) is 0 Å². The van der Waals surface area contributed by atoms with Crippen molar-refractivity contribution >= 4 is 17.6 Å². The minimum atomic E-state index is 0.259. The Balaban J connectivity index is 1.32. The van der Waals surface area contributed by atoms with Crippen LogP contribution in [0.4, 0.5) is 5.69 Å². The van der Waals surface area contributed by atoms with Crippen molar-refractivity contribution in [2.75, 3.05) is 51.7 Å². The van der Waals surface area contributed by atoms with E-state index in [1.54, 1.807) is 7.05 Å². The van der Waals surface area contributed by atoms with Crippen LogP contribution in [-0.2, 0) is 11.2 Å². The molecule has 1 aliphatic heterocycles. The second-order valence-electron chi connectivity index (χ2n) is 8.14. The molecule has 1 amide bonds. The molecule has 3 rings (SSSR count). The van der Waals surface area contributed by atoms with Gasteiger partial charge in [-0.25, -0.2) is 0 Å². The summed E-state index contributed by atoms with van der Waals surface area (Å²) in [5.41, 5.74) is 2.51. The largest absolute Gasteiger partial charge is 0.375 e. The van der Waals surface area contributed by atoms with Crippen LogP contribution >= 0.6 is 0 Å². The SMILES string of the molecule is CN=C(NCCCN(C)c1ccccc1)NCC1CC(=O)N(CCc2ccccc2)C1. The zero-order valence-corrected chi connectivity index (χ0v) is 18.8. The van der Waals surface area contributed by atoms with E-state index in [4.69, 9.17) is 0 Å². The number of nitrogens with zero attached hydrogens (tertiary/aromatic N) is 3. The minimum absolute atomic E-state index is 0.259. The summed E-state index contributed by atoms with van der Waals surface area (Å²) >= 11 is 0. The fourth-order valence-corrected chi connectivity index (χ4v) is 3.91. The van der Waals surface area contributed by atoms with Crippen LogP contribution in [0.15, 0.2) is 65.7 Å². The predicted octanol–water partition coefficient (Wildman–Crippen LogP) is 2.77. The second kappa shape index (κ2) is 12.0. The molecule has 1 saturated heterocycles. The number of carbonyl (C=O) groups excluding carboxylic acids is 1. The van der Waals surface area contributed by atoms with Crippen molar-refractivity contribution in [1.82, 2.24) is 15.5 Å². The van der Waals surface area contributed by atoms with Crippen LogP contribution in [0.2, 0.25) is 0 Å². The summed E-state index contributed by atoms with van der Waals surface area (Å²) in [6, 6.07) is 20.8. The Kier molecular flexibility index (Phi) is 8.76. The first kappa shape index (κ1) is 22.7. The summed E-state index contributed by atoms with van der Waals surface area (Å²) in [6.45, 7) is 4.20. The molecule has 0 aliphatic carbocycles. The number of anilines is 1. The molecule has 1 atom stereocenters. The van der Waals surface area contributed by atoms with Crippen LogP contribution in [-0.4, -0.2) is 63.6 Å². The number of aliphatic imine (C=N–C) groups is 1. The Labute approximate surface area is 186 Å². The van der Waals surface area contributed by atoms with Gasteiger partial charge in [0.2, 0.25) is 5.91 Å². The molecule has 0 spiro atoms. The average molecular weight is 422 g/mol. The third kappa shape index (κ3) is 7.31. The minimum Gasteiger partial charge on any atom is -0.375 e. The molecule has 0 saturated carbocycles. The lowest BCUT2D eigenvalue weighted by molar-refractivity contribution is -0.127. The summed E-state index contributed by atoms with van der Waals surface area (Å²) in [5.74, 6) is 1.39. The van der Waals surface area contributed by atoms with E-state index in [0.29, 0.717) is 12.3 Å². The first-order valence-corrected chi connectivity index (χ1v) is 11.2. The fourth-order valence-electron chi connectivity index (χ4n) is 3.91. The maximum atomic E-state index is 12.4. The van der Waals surface area contributed by atoms with E-state index in [2.05, 4.69) is 64.0 Å². The van der Waals surface area contributed by atoms with Gasteiger partial charge in [0, 0.05) is 64.8 Å². The standard InChI is InChI=1S/C25H35N5O/c1-26-25(27-15-9-16-29(2)23-12-7-4-8-13-23)28-19-22-18-24(31)30(20-22)17-14-21-10-5-3-6-11-21/h3-8,10-13,22H,9,14-20H2,1-2H3,(H2,26,27,28). The Hall–Kier alpha value is -3.02. The van der Waals surface area contributed by atoms with E-state index in [9.17, 15) is 4.79 Å². The van der Waals surface area contributed by atoms with Gasteiger partial charge in [-0.2, -0.15) is 0 Å². The molecule has 1 fully saturated rings. The van der Waals surface area contributed by atoms with Crippen LogP contribution in [0.25, 0.3) is 0 Å². The number of rotatable bonds is 10. The van der Waals surface area contributed by atoms with Crippen molar-refractivity contribution in [3.8, 4) is 0 Å². The number of para-hydroxylation sites is 1. The van der Waals surface area contributed by atoms with Gasteiger partial charge in [0.25, 0.3) is 0 Å². The van der Waals surface area contributed by atoms with Gasteiger partial charge in [0.05, 0.1) is 0 Å². The van der Waals surface area contributed by atoms with Crippen molar-refractivity contribution in [2.24, 2.45) is 10.9 Å². The molecule has 0 radical (unpaired) electrons. The first-order chi connectivity index (χ1) is 15.2. The molecular weight excluding hydrogens is 386 g/mol. The normalized spacial score (nSPS) is 16.5. The quantitative estimate of drug-likeness (QED) is 0.352. The van der Waals surface area contributed by atoms with Crippen LogP contribution in [0.3, 0.4) is 0 Å². The number of amides is 1. The van der Waals surface area contributed by atoms with Gasteiger partial charge in [0.1, 0.15) is 0 Å². The fraction of sp³-hybridized carbons (Fsp3) is 0.440. The highest BCUT2D eigenvalue weighted by Gasteiger charge is 2.29. The lowest BCUT2D eigenvalue weighted by atomic mass is 10.1. The molecule has 2 aromatic rings. The maximum absolute atomic E-state index is 12.4. The molecule has 1 aliphatic rings. The Morgan fingerprint density at radius 3 is 2.52 bits per heavy atom. The lowest BCUT2D eigenvalue weighted by Gasteiger charge is -2.20. The van der Waals surface area contributed by atoms with Crippen molar-refractivity contribution in [3.05, 3.63) is 66.2 Å². The number of benzene rings is 2. The van der Waals surface area contributed by atoms with Crippen LogP contribution in [0, 0.1) is 5.92 Å². The number of hydrogen-bond acceptors (Lipinski definition) is 3. The monoisotopic (exact) mass is 421 g/mol. The number of nitrogens with one attached hydrogen (secondary N) is 2. The topological polar surface area (TPSA) is 60.0 Å². The highest BCUT2D eigenvalue weighted by molar-refractivity contribution is 5.80. The number of carbonyl (C=O) groups is 1. The van der Waals surface area contributed by atoms with E-state index >= 15 is 0 Å². The van der Waals surface area contributed by atoms with Crippen LogP contribution < -0.4 is 15.5 Å². The lowest BCUT2D eigenvalue weighted by Crippen LogP contribution is -2.41. The van der Waals surface area contributed by atoms with Gasteiger partial charge in [-0.3, -0.25) is 9.79 Å². The van der Waals surface area contributed by atoms with Gasteiger partial charge in [0.15, 0.2) is 5.96 Å². The summed E-state index contributed by atoms with van der Waals surface area (Å²) in [5, 5.41) is 6.78. The Morgan fingerprint density at radius 1 is 1.10 bits per heavy atom. The molecule has 6 heteroatoms. The molecule has 0 aromatic heterocycles. The zero-order chi connectivity index (χ0) is 21.9.